The van der Waals surface area contributed by atoms with Crippen molar-refractivity contribution in [2.45, 2.75) is 25.2 Å². The van der Waals surface area contributed by atoms with Crippen LogP contribution in [0.1, 0.15) is 17.5 Å². The van der Waals surface area contributed by atoms with Crippen molar-refractivity contribution in [3.63, 3.8) is 0 Å². The summed E-state index contributed by atoms with van der Waals surface area (Å²) in [6.07, 6.45) is 0.0118. The van der Waals surface area contributed by atoms with Crippen molar-refractivity contribution in [3.05, 3.63) is 29.3 Å². The predicted octanol–water partition coefficient (Wildman–Crippen LogP) is 0.649. The second-order valence-electron chi connectivity index (χ2n) is 4.12. The van der Waals surface area contributed by atoms with Crippen LogP contribution >= 0.6 is 0 Å². The summed E-state index contributed by atoms with van der Waals surface area (Å²) in [5.74, 6) is -0.384. The molecule has 0 radical (unpaired) electrons. The minimum atomic E-state index is -3.58. The van der Waals surface area contributed by atoms with Gasteiger partial charge in [0.25, 0.3) is 0 Å². The Balaban J connectivity index is 2.66. The third kappa shape index (κ3) is 4.62. The maximum Gasteiger partial charge on any atom is 0.244 e. The molecule has 0 saturated heterocycles. The number of nitrogens with one attached hydrogen (secondary N) is 2. The summed E-state index contributed by atoms with van der Waals surface area (Å²) >= 11 is 0. The molecule has 0 bridgehead atoms. The molecule has 2 N–H and O–H groups in total. The fourth-order valence-electron chi connectivity index (χ4n) is 1.43. The maximum absolute atomic E-state index is 12.0. The van der Waals surface area contributed by atoms with Gasteiger partial charge in [-0.15, -0.1) is 0 Å². The number of hydrogen-bond acceptors (Lipinski definition) is 4. The van der Waals surface area contributed by atoms with E-state index < -0.39 is 10.0 Å². The number of sulfonamides is 1. The largest absolute Gasteiger partial charge is 0.277 e. The molecule has 0 aliphatic rings. The lowest BCUT2D eigenvalue weighted by Gasteiger charge is -2.08. The van der Waals surface area contributed by atoms with Crippen LogP contribution in [0.3, 0.4) is 0 Å². The predicted molar refractivity (Wildman–Crippen MR) is 70.9 cm³/mol. The lowest BCUT2D eigenvalue weighted by atomic mass is 10.1. The van der Waals surface area contributed by atoms with E-state index in [9.17, 15) is 13.2 Å². The zero-order valence-corrected chi connectivity index (χ0v) is 12.0. The van der Waals surface area contributed by atoms with Gasteiger partial charge in [0.2, 0.25) is 15.9 Å². The summed E-state index contributed by atoms with van der Waals surface area (Å²) in [6.45, 7) is 3.78. The first-order valence-corrected chi connectivity index (χ1v) is 7.24. The van der Waals surface area contributed by atoms with Crippen LogP contribution in [0.2, 0.25) is 0 Å². The first kappa shape index (κ1) is 15.6. The van der Waals surface area contributed by atoms with E-state index in [1.807, 2.05) is 13.8 Å². The molecule has 0 aromatic heterocycles. The standard InChI is InChI=1S/C12H18N2O4S/c1-9-4-5-11(8-10(9)2)19(16,17)13-7-6-12(15)14-18-3/h4-5,8,13H,6-7H2,1-3H3,(H,14,15). The molecule has 0 saturated carbocycles. The Hall–Kier alpha value is -1.44. The van der Waals surface area contributed by atoms with Crippen molar-refractivity contribution >= 4 is 15.9 Å². The van der Waals surface area contributed by atoms with Crippen LogP contribution in [0.15, 0.2) is 23.1 Å². The average Bonchev–Trinajstić information content (AvgIpc) is 2.32. The minimum absolute atomic E-state index is 0.0118. The molecule has 0 fully saturated rings. The molecular formula is C12H18N2O4S. The van der Waals surface area contributed by atoms with E-state index in [0.29, 0.717) is 0 Å². The SMILES string of the molecule is CONC(=O)CCNS(=O)(=O)c1ccc(C)c(C)c1. The molecule has 106 valence electrons. The zero-order valence-electron chi connectivity index (χ0n) is 11.2. The van der Waals surface area contributed by atoms with E-state index in [1.165, 1.54) is 7.11 Å². The van der Waals surface area contributed by atoms with E-state index in [4.69, 9.17) is 0 Å². The van der Waals surface area contributed by atoms with Crippen LogP contribution in [0, 0.1) is 13.8 Å². The quantitative estimate of drug-likeness (QED) is 0.752. The van der Waals surface area contributed by atoms with Crippen molar-refractivity contribution in [1.29, 1.82) is 0 Å². The number of rotatable bonds is 6. The molecule has 1 amide bonds. The van der Waals surface area contributed by atoms with E-state index in [1.54, 1.807) is 18.2 Å². The zero-order chi connectivity index (χ0) is 14.5. The number of amides is 1. The minimum Gasteiger partial charge on any atom is -0.277 e. The average molecular weight is 286 g/mol. The Labute approximate surface area is 113 Å². The second-order valence-corrected chi connectivity index (χ2v) is 5.89. The number of carbonyl (C=O) groups excluding carboxylic acids is 1. The van der Waals surface area contributed by atoms with Gasteiger partial charge in [0, 0.05) is 13.0 Å². The van der Waals surface area contributed by atoms with Gasteiger partial charge in [-0.05, 0) is 37.1 Å². The van der Waals surface area contributed by atoms with Crippen molar-refractivity contribution in [1.82, 2.24) is 10.2 Å². The van der Waals surface area contributed by atoms with Gasteiger partial charge in [0.05, 0.1) is 12.0 Å². The molecule has 1 rings (SSSR count). The molecule has 0 atom stereocenters. The van der Waals surface area contributed by atoms with Gasteiger partial charge in [0.15, 0.2) is 0 Å². The number of aryl methyl sites for hydroxylation is 2. The van der Waals surface area contributed by atoms with Gasteiger partial charge in [-0.2, -0.15) is 0 Å². The number of hydroxylamine groups is 1. The van der Waals surface area contributed by atoms with Gasteiger partial charge in [-0.25, -0.2) is 18.6 Å². The van der Waals surface area contributed by atoms with Crippen LogP contribution in [-0.4, -0.2) is 28.0 Å². The Morgan fingerprint density at radius 1 is 1.26 bits per heavy atom. The highest BCUT2D eigenvalue weighted by Crippen LogP contribution is 2.14. The molecule has 19 heavy (non-hydrogen) atoms. The summed E-state index contributed by atoms with van der Waals surface area (Å²) in [7, 11) is -2.26. The third-order valence-corrected chi connectivity index (χ3v) is 4.11. The maximum atomic E-state index is 12.0. The fraction of sp³-hybridized carbons (Fsp3) is 0.417. The Morgan fingerprint density at radius 3 is 2.53 bits per heavy atom. The van der Waals surface area contributed by atoms with Crippen LogP contribution in [0.25, 0.3) is 0 Å². The summed E-state index contributed by atoms with van der Waals surface area (Å²) in [5, 5.41) is 0. The van der Waals surface area contributed by atoms with E-state index in [-0.39, 0.29) is 23.8 Å². The van der Waals surface area contributed by atoms with Crippen molar-refractivity contribution in [2.24, 2.45) is 0 Å². The number of carbonyl (C=O) groups is 1. The van der Waals surface area contributed by atoms with Crippen LogP contribution in [0.4, 0.5) is 0 Å². The van der Waals surface area contributed by atoms with Gasteiger partial charge in [-0.3, -0.25) is 9.63 Å². The monoisotopic (exact) mass is 286 g/mol. The topological polar surface area (TPSA) is 84.5 Å². The molecule has 0 spiro atoms. The highest BCUT2D eigenvalue weighted by Gasteiger charge is 2.14. The van der Waals surface area contributed by atoms with Gasteiger partial charge >= 0.3 is 0 Å². The molecule has 6 nitrogen and oxygen atoms in total. The highest BCUT2D eigenvalue weighted by molar-refractivity contribution is 7.89. The summed E-state index contributed by atoms with van der Waals surface area (Å²) in [5.41, 5.74) is 4.04. The van der Waals surface area contributed by atoms with Gasteiger partial charge < -0.3 is 0 Å². The summed E-state index contributed by atoms with van der Waals surface area (Å²) < 4.78 is 26.3. The highest BCUT2D eigenvalue weighted by atomic mass is 32.2. The fourth-order valence-corrected chi connectivity index (χ4v) is 2.54. The molecule has 0 aliphatic carbocycles. The molecule has 7 heteroatoms. The Kier molecular flexibility index (Phi) is 5.46. The lowest BCUT2D eigenvalue weighted by Crippen LogP contribution is -2.30. The second kappa shape index (κ2) is 6.65. The third-order valence-electron chi connectivity index (χ3n) is 2.65. The van der Waals surface area contributed by atoms with Crippen LogP contribution in [-0.2, 0) is 19.7 Å². The molecule has 0 heterocycles. The first-order valence-electron chi connectivity index (χ1n) is 5.75. The van der Waals surface area contributed by atoms with E-state index >= 15 is 0 Å². The van der Waals surface area contributed by atoms with Gasteiger partial charge in [-0.1, -0.05) is 6.07 Å². The Bertz CT molecular complexity index is 555. The number of hydrogen-bond donors (Lipinski definition) is 2. The lowest BCUT2D eigenvalue weighted by molar-refractivity contribution is -0.131. The Morgan fingerprint density at radius 2 is 1.95 bits per heavy atom. The van der Waals surface area contributed by atoms with Crippen molar-refractivity contribution in [3.8, 4) is 0 Å². The summed E-state index contributed by atoms with van der Waals surface area (Å²) in [4.78, 5) is 15.7. The smallest absolute Gasteiger partial charge is 0.244 e. The molecule has 0 unspecified atom stereocenters. The summed E-state index contributed by atoms with van der Waals surface area (Å²) in [6, 6.07) is 4.90. The first-order chi connectivity index (χ1) is 8.86. The van der Waals surface area contributed by atoms with Crippen LogP contribution in [0.5, 0.6) is 0 Å². The molecular weight excluding hydrogens is 268 g/mol. The van der Waals surface area contributed by atoms with Crippen molar-refractivity contribution in [2.75, 3.05) is 13.7 Å². The van der Waals surface area contributed by atoms with Crippen LogP contribution < -0.4 is 10.2 Å². The van der Waals surface area contributed by atoms with Gasteiger partial charge in [0.1, 0.15) is 0 Å². The molecule has 0 aliphatic heterocycles. The molecule has 1 aromatic carbocycles. The number of benzene rings is 1. The van der Waals surface area contributed by atoms with Crippen molar-refractivity contribution < 1.29 is 18.0 Å². The van der Waals surface area contributed by atoms with E-state index in [2.05, 4.69) is 15.0 Å². The van der Waals surface area contributed by atoms with E-state index in [0.717, 1.165) is 11.1 Å². The normalized spacial score (nSPS) is 11.3. The molecule has 1 aromatic rings.